The summed E-state index contributed by atoms with van der Waals surface area (Å²) in [4.78, 5) is 15.2. The number of nitrogen functional groups attached to an aromatic ring is 2. The molecule has 1 aliphatic heterocycles. The highest BCUT2D eigenvalue weighted by atomic mass is 32.2. The van der Waals surface area contributed by atoms with Gasteiger partial charge in [0.2, 0.25) is 10.3 Å². The topological polar surface area (TPSA) is 134 Å². The molecule has 10 nitrogen and oxygen atoms in total. The lowest BCUT2D eigenvalue weighted by Gasteiger charge is -2.25. The van der Waals surface area contributed by atoms with Gasteiger partial charge in [-0.05, 0) is 6.07 Å². The van der Waals surface area contributed by atoms with E-state index in [1.807, 2.05) is 38.1 Å². The number of carbonyl (C=O) groups is 1. The average molecular weight is 432 g/mol. The maximum atomic E-state index is 13.6. The van der Waals surface area contributed by atoms with Crippen LogP contribution >= 0.6 is 23.5 Å². The molecule has 0 fully saturated rings. The molecule has 152 valence electrons. The van der Waals surface area contributed by atoms with Gasteiger partial charge >= 0.3 is 0 Å². The van der Waals surface area contributed by atoms with Gasteiger partial charge in [0, 0.05) is 31.1 Å². The van der Waals surface area contributed by atoms with Crippen molar-refractivity contribution in [2.45, 2.75) is 41.1 Å². The lowest BCUT2D eigenvalue weighted by molar-refractivity contribution is -0.118. The number of nitrogens with zero attached hydrogens (tertiary/aromatic N) is 7. The first-order valence-corrected chi connectivity index (χ1v) is 10.7. The largest absolute Gasteiger partial charge is 0.336 e. The fraction of sp³-hybridized carbons (Fsp3) is 0.353. The van der Waals surface area contributed by atoms with Crippen LogP contribution in [-0.2, 0) is 21.7 Å². The molecule has 29 heavy (non-hydrogen) atoms. The number of anilines is 1. The summed E-state index contributed by atoms with van der Waals surface area (Å²) >= 11 is 2.47. The van der Waals surface area contributed by atoms with E-state index in [4.69, 9.17) is 11.7 Å². The van der Waals surface area contributed by atoms with E-state index in [0.29, 0.717) is 34.8 Å². The Morgan fingerprint density at radius 3 is 1.93 bits per heavy atom. The zero-order valence-electron chi connectivity index (χ0n) is 16.2. The quantitative estimate of drug-likeness (QED) is 0.435. The van der Waals surface area contributed by atoms with Crippen LogP contribution in [0.3, 0.4) is 0 Å². The Hall–Kier alpha value is -2.73. The Kier molecular flexibility index (Phi) is 4.90. The standard InChI is InChI=1S/C17H21N9OS2/c1-4-12-20-22-15(25(12)18)28-17(29-16-23-21-13(5-2)26(16)19)10-8-6-7-9-11(10)24(3)14(17)27/h6-9H,4-5,18-19H2,1-3H3. The Morgan fingerprint density at radius 1 is 0.931 bits per heavy atom. The summed E-state index contributed by atoms with van der Waals surface area (Å²) in [6.07, 6.45) is 1.26. The van der Waals surface area contributed by atoms with E-state index in [9.17, 15) is 4.79 Å². The van der Waals surface area contributed by atoms with Crippen molar-refractivity contribution in [1.82, 2.24) is 29.7 Å². The zero-order chi connectivity index (χ0) is 20.8. The molecular weight excluding hydrogens is 410 g/mol. The third kappa shape index (κ3) is 2.94. The van der Waals surface area contributed by atoms with Crippen molar-refractivity contribution in [3.63, 3.8) is 0 Å². The van der Waals surface area contributed by atoms with Gasteiger partial charge in [-0.3, -0.25) is 4.79 Å². The third-order valence-corrected chi connectivity index (χ3v) is 7.56. The molecule has 0 radical (unpaired) electrons. The van der Waals surface area contributed by atoms with E-state index < -0.39 is 4.08 Å². The van der Waals surface area contributed by atoms with Crippen LogP contribution in [0.5, 0.6) is 0 Å². The molecule has 4 N–H and O–H groups in total. The molecule has 4 rings (SSSR count). The predicted octanol–water partition coefficient (Wildman–Crippen LogP) is 1.14. The van der Waals surface area contributed by atoms with Crippen LogP contribution in [-0.4, -0.2) is 42.7 Å². The summed E-state index contributed by atoms with van der Waals surface area (Å²) < 4.78 is 1.73. The third-order valence-electron chi connectivity index (χ3n) is 4.78. The van der Waals surface area contributed by atoms with Crippen molar-refractivity contribution in [3.8, 4) is 0 Å². The van der Waals surface area contributed by atoms with Crippen molar-refractivity contribution in [3.05, 3.63) is 41.5 Å². The van der Waals surface area contributed by atoms with Gasteiger partial charge in [0.1, 0.15) is 0 Å². The normalized spacial score (nSPS) is 15.1. The number of hydrogen-bond donors (Lipinski definition) is 2. The summed E-state index contributed by atoms with van der Waals surface area (Å²) in [5.74, 6) is 13.5. The summed E-state index contributed by atoms with van der Waals surface area (Å²) in [5, 5.41) is 17.5. The van der Waals surface area contributed by atoms with E-state index in [-0.39, 0.29) is 5.91 Å². The van der Waals surface area contributed by atoms with Gasteiger partial charge in [-0.1, -0.05) is 55.6 Å². The molecule has 0 aliphatic carbocycles. The van der Waals surface area contributed by atoms with E-state index in [1.165, 1.54) is 32.9 Å². The van der Waals surface area contributed by atoms with Crippen LogP contribution in [0.15, 0.2) is 34.6 Å². The van der Waals surface area contributed by atoms with Crippen LogP contribution in [0.25, 0.3) is 0 Å². The number of hydrogen-bond acceptors (Lipinski definition) is 9. The molecule has 1 aromatic carbocycles. The van der Waals surface area contributed by atoms with Gasteiger partial charge in [-0.25, -0.2) is 9.35 Å². The maximum absolute atomic E-state index is 13.6. The zero-order valence-corrected chi connectivity index (χ0v) is 17.9. The molecule has 0 saturated heterocycles. The molecule has 2 aromatic heterocycles. The van der Waals surface area contributed by atoms with Crippen LogP contribution in [0, 0.1) is 0 Å². The summed E-state index contributed by atoms with van der Waals surface area (Å²) in [5.41, 5.74) is 1.64. The Balaban J connectivity index is 1.86. The van der Waals surface area contributed by atoms with Gasteiger partial charge in [0.15, 0.2) is 15.7 Å². The lowest BCUT2D eigenvalue weighted by Crippen LogP contribution is -2.34. The monoisotopic (exact) mass is 431 g/mol. The average Bonchev–Trinajstić information content (AvgIpc) is 3.33. The number of carbonyl (C=O) groups excluding carboxylic acids is 1. The van der Waals surface area contributed by atoms with Crippen molar-refractivity contribution >= 4 is 35.1 Å². The number of rotatable bonds is 6. The number of thioether (sulfide) groups is 2. The Bertz CT molecular complexity index is 1030. The highest BCUT2D eigenvalue weighted by molar-refractivity contribution is 8.18. The Labute approximate surface area is 176 Å². The second-order valence-electron chi connectivity index (χ2n) is 6.45. The summed E-state index contributed by atoms with van der Waals surface area (Å²) in [7, 11) is 1.75. The first-order chi connectivity index (χ1) is 13.9. The summed E-state index contributed by atoms with van der Waals surface area (Å²) in [6, 6.07) is 7.63. The number of aryl methyl sites for hydroxylation is 2. The van der Waals surface area contributed by atoms with Gasteiger partial charge in [0.05, 0.1) is 0 Å². The van der Waals surface area contributed by atoms with Gasteiger partial charge in [-0.2, -0.15) is 0 Å². The van der Waals surface area contributed by atoms with E-state index in [2.05, 4.69) is 20.4 Å². The molecule has 1 aliphatic rings. The van der Waals surface area contributed by atoms with Crippen molar-refractivity contribution in [1.29, 1.82) is 0 Å². The molecule has 0 spiro atoms. The second-order valence-corrected chi connectivity index (χ2v) is 9.07. The second kappa shape index (κ2) is 7.26. The molecule has 3 heterocycles. The first-order valence-electron chi connectivity index (χ1n) is 9.07. The number of aromatic nitrogens is 6. The van der Waals surface area contributed by atoms with Gasteiger partial charge < -0.3 is 16.6 Å². The van der Waals surface area contributed by atoms with E-state index >= 15 is 0 Å². The number of benzene rings is 1. The van der Waals surface area contributed by atoms with E-state index in [1.54, 1.807) is 11.9 Å². The predicted molar refractivity (Wildman–Crippen MR) is 112 cm³/mol. The fourth-order valence-electron chi connectivity index (χ4n) is 3.20. The SMILES string of the molecule is CCc1nnc(SC2(Sc3nnc(CC)n3N)C(=O)N(C)c3ccccc32)n1N. The minimum Gasteiger partial charge on any atom is -0.336 e. The van der Waals surface area contributed by atoms with Crippen LogP contribution in [0.4, 0.5) is 5.69 Å². The molecular formula is C17H21N9OS2. The van der Waals surface area contributed by atoms with E-state index in [0.717, 1.165) is 11.3 Å². The van der Waals surface area contributed by atoms with Gasteiger partial charge in [-0.15, -0.1) is 20.4 Å². The molecule has 0 atom stereocenters. The van der Waals surface area contributed by atoms with Crippen LogP contribution in [0.1, 0.15) is 31.1 Å². The molecule has 12 heteroatoms. The molecule has 0 saturated carbocycles. The highest BCUT2D eigenvalue weighted by Gasteiger charge is 2.53. The van der Waals surface area contributed by atoms with Crippen LogP contribution < -0.4 is 16.6 Å². The lowest BCUT2D eigenvalue weighted by atomic mass is 10.1. The summed E-state index contributed by atoms with van der Waals surface area (Å²) in [6.45, 7) is 3.89. The fourth-order valence-corrected chi connectivity index (χ4v) is 5.91. The first kappa shape index (κ1) is 19.6. The van der Waals surface area contributed by atoms with Crippen molar-refractivity contribution < 1.29 is 4.79 Å². The van der Waals surface area contributed by atoms with Crippen LogP contribution in [0.2, 0.25) is 0 Å². The highest BCUT2D eigenvalue weighted by Crippen LogP contribution is 2.58. The number of fused-ring (bicyclic) bond motifs is 1. The van der Waals surface area contributed by atoms with Crippen molar-refractivity contribution in [2.75, 3.05) is 23.6 Å². The number of likely N-dealkylation sites (N-methyl/N-ethyl adjacent to an activating group) is 1. The molecule has 1 amide bonds. The maximum Gasteiger partial charge on any atom is 0.258 e. The smallest absolute Gasteiger partial charge is 0.258 e. The number of nitrogens with two attached hydrogens (primary N) is 2. The minimum atomic E-state index is -1.12. The van der Waals surface area contributed by atoms with Gasteiger partial charge in [0.25, 0.3) is 5.91 Å². The van der Waals surface area contributed by atoms with Crippen molar-refractivity contribution in [2.24, 2.45) is 0 Å². The molecule has 3 aromatic rings. The number of para-hydroxylation sites is 1. The number of amides is 1. The minimum absolute atomic E-state index is 0.129. The molecule has 0 bridgehead atoms. The Morgan fingerprint density at radius 2 is 1.45 bits per heavy atom. The molecule has 0 unspecified atom stereocenters.